The third-order valence-electron chi connectivity index (χ3n) is 2.95. The van der Waals surface area contributed by atoms with Gasteiger partial charge in [-0.25, -0.2) is 0 Å². The largest absolute Gasteiger partial charge is 0.469 e. The SMILES string of the molecule is COC(=O)CCN(CCCF)CC1CCCO1. The fourth-order valence-electron chi connectivity index (χ4n) is 2.01. The molecule has 0 spiro atoms. The minimum absolute atomic E-state index is 0.220. The molecule has 0 saturated carbocycles. The first-order valence-electron chi connectivity index (χ1n) is 6.23. The predicted molar refractivity (Wildman–Crippen MR) is 62.6 cm³/mol. The summed E-state index contributed by atoms with van der Waals surface area (Å²) < 4.78 is 22.3. The van der Waals surface area contributed by atoms with Gasteiger partial charge in [-0.3, -0.25) is 9.18 Å². The van der Waals surface area contributed by atoms with Crippen LogP contribution in [-0.4, -0.2) is 57.0 Å². The number of methoxy groups -OCH3 is 1. The Morgan fingerprint density at radius 1 is 1.53 bits per heavy atom. The summed E-state index contributed by atoms with van der Waals surface area (Å²) in [5.41, 5.74) is 0. The quantitative estimate of drug-likeness (QED) is 0.608. The molecular weight excluding hydrogens is 225 g/mol. The summed E-state index contributed by atoms with van der Waals surface area (Å²) in [7, 11) is 1.38. The van der Waals surface area contributed by atoms with Gasteiger partial charge < -0.3 is 14.4 Å². The number of halogens is 1. The average molecular weight is 247 g/mol. The van der Waals surface area contributed by atoms with E-state index in [9.17, 15) is 9.18 Å². The smallest absolute Gasteiger partial charge is 0.306 e. The van der Waals surface area contributed by atoms with E-state index in [1.165, 1.54) is 7.11 Å². The van der Waals surface area contributed by atoms with Gasteiger partial charge in [0.25, 0.3) is 0 Å². The van der Waals surface area contributed by atoms with Gasteiger partial charge in [-0.05, 0) is 19.3 Å². The number of ether oxygens (including phenoxy) is 2. The molecule has 1 unspecified atom stereocenters. The zero-order valence-corrected chi connectivity index (χ0v) is 10.5. The Bertz CT molecular complexity index is 220. The topological polar surface area (TPSA) is 38.8 Å². The van der Waals surface area contributed by atoms with Gasteiger partial charge in [0.2, 0.25) is 0 Å². The molecule has 1 fully saturated rings. The number of hydrogen-bond acceptors (Lipinski definition) is 4. The highest BCUT2D eigenvalue weighted by atomic mass is 19.1. The Hall–Kier alpha value is -0.680. The third-order valence-corrected chi connectivity index (χ3v) is 2.95. The van der Waals surface area contributed by atoms with Crippen LogP contribution in [0.4, 0.5) is 4.39 Å². The van der Waals surface area contributed by atoms with Gasteiger partial charge in [-0.1, -0.05) is 0 Å². The molecule has 1 rings (SSSR count). The Labute approximate surface area is 102 Å². The Balaban J connectivity index is 2.27. The highest BCUT2D eigenvalue weighted by molar-refractivity contribution is 5.69. The molecule has 0 radical (unpaired) electrons. The van der Waals surface area contributed by atoms with Crippen LogP contribution in [0.3, 0.4) is 0 Å². The molecule has 0 N–H and O–H groups in total. The van der Waals surface area contributed by atoms with Crippen LogP contribution in [0.2, 0.25) is 0 Å². The van der Waals surface area contributed by atoms with Gasteiger partial charge in [0.1, 0.15) is 0 Å². The number of nitrogens with zero attached hydrogens (tertiary/aromatic N) is 1. The number of carbonyl (C=O) groups excluding carboxylic acids is 1. The van der Waals surface area contributed by atoms with Crippen LogP contribution < -0.4 is 0 Å². The van der Waals surface area contributed by atoms with Crippen LogP contribution in [0.25, 0.3) is 0 Å². The van der Waals surface area contributed by atoms with Crippen molar-refractivity contribution in [2.24, 2.45) is 0 Å². The molecule has 0 aromatic rings. The summed E-state index contributed by atoms with van der Waals surface area (Å²) in [5, 5.41) is 0. The van der Waals surface area contributed by atoms with Gasteiger partial charge in [0.05, 0.1) is 26.3 Å². The van der Waals surface area contributed by atoms with Gasteiger partial charge in [-0.15, -0.1) is 0 Å². The highest BCUT2D eigenvalue weighted by Gasteiger charge is 2.19. The summed E-state index contributed by atoms with van der Waals surface area (Å²) in [6.07, 6.45) is 3.26. The van der Waals surface area contributed by atoms with E-state index in [-0.39, 0.29) is 18.7 Å². The molecule has 0 aromatic heterocycles. The molecule has 4 nitrogen and oxygen atoms in total. The summed E-state index contributed by atoms with van der Waals surface area (Å²) in [6.45, 7) is 2.58. The van der Waals surface area contributed by atoms with Crippen LogP contribution in [0.5, 0.6) is 0 Å². The van der Waals surface area contributed by atoms with Crippen LogP contribution in [0.15, 0.2) is 0 Å². The molecule has 1 aliphatic rings. The fraction of sp³-hybridized carbons (Fsp3) is 0.917. The minimum atomic E-state index is -0.319. The molecule has 100 valence electrons. The lowest BCUT2D eigenvalue weighted by molar-refractivity contribution is -0.141. The lowest BCUT2D eigenvalue weighted by Gasteiger charge is -2.24. The molecule has 1 heterocycles. The Morgan fingerprint density at radius 3 is 2.94 bits per heavy atom. The maximum Gasteiger partial charge on any atom is 0.306 e. The molecule has 0 aromatic carbocycles. The van der Waals surface area contributed by atoms with Crippen molar-refractivity contribution in [1.29, 1.82) is 0 Å². The molecule has 0 bridgehead atoms. The summed E-state index contributed by atoms with van der Waals surface area (Å²) in [6, 6.07) is 0. The first-order valence-corrected chi connectivity index (χ1v) is 6.23. The number of rotatable bonds is 8. The normalized spacial score (nSPS) is 19.8. The second-order valence-corrected chi connectivity index (χ2v) is 4.30. The van der Waals surface area contributed by atoms with Gasteiger partial charge >= 0.3 is 5.97 Å². The zero-order valence-electron chi connectivity index (χ0n) is 10.5. The minimum Gasteiger partial charge on any atom is -0.469 e. The lowest BCUT2D eigenvalue weighted by Crippen LogP contribution is -2.35. The summed E-state index contributed by atoms with van der Waals surface area (Å²) in [5.74, 6) is -0.220. The van der Waals surface area contributed by atoms with Crippen LogP contribution in [0.1, 0.15) is 25.7 Å². The highest BCUT2D eigenvalue weighted by Crippen LogP contribution is 2.13. The number of hydrogen-bond donors (Lipinski definition) is 0. The van der Waals surface area contributed by atoms with Crippen LogP contribution in [0, 0.1) is 0 Å². The lowest BCUT2D eigenvalue weighted by atomic mass is 10.2. The number of carbonyl (C=O) groups is 1. The second-order valence-electron chi connectivity index (χ2n) is 4.30. The van der Waals surface area contributed by atoms with Crippen molar-refractivity contribution in [2.75, 3.05) is 40.0 Å². The predicted octanol–water partition coefficient (Wildman–Crippen LogP) is 1.39. The van der Waals surface area contributed by atoms with Crippen molar-refractivity contribution in [2.45, 2.75) is 31.8 Å². The zero-order chi connectivity index (χ0) is 12.5. The van der Waals surface area contributed by atoms with E-state index in [2.05, 4.69) is 9.64 Å². The van der Waals surface area contributed by atoms with Gasteiger partial charge in [0.15, 0.2) is 0 Å². The molecule has 0 amide bonds. The number of alkyl halides is 1. The van der Waals surface area contributed by atoms with Crippen LogP contribution in [-0.2, 0) is 14.3 Å². The van der Waals surface area contributed by atoms with E-state index < -0.39 is 0 Å². The number of esters is 1. The monoisotopic (exact) mass is 247 g/mol. The second kappa shape index (κ2) is 8.42. The van der Waals surface area contributed by atoms with Crippen molar-refractivity contribution >= 4 is 5.97 Å². The molecule has 5 heteroatoms. The Kier molecular flexibility index (Phi) is 7.12. The summed E-state index contributed by atoms with van der Waals surface area (Å²) >= 11 is 0. The van der Waals surface area contributed by atoms with E-state index in [1.54, 1.807) is 0 Å². The molecule has 1 saturated heterocycles. The van der Waals surface area contributed by atoms with Crippen LogP contribution >= 0.6 is 0 Å². The molecule has 0 aliphatic carbocycles. The fourth-order valence-corrected chi connectivity index (χ4v) is 2.01. The first-order chi connectivity index (χ1) is 8.26. The van der Waals surface area contributed by atoms with E-state index in [0.29, 0.717) is 25.9 Å². The Morgan fingerprint density at radius 2 is 2.35 bits per heavy atom. The standard InChI is InChI=1S/C12H22FNO3/c1-16-12(15)5-8-14(7-3-6-13)10-11-4-2-9-17-11/h11H,2-10H2,1H3. The average Bonchev–Trinajstić information content (AvgIpc) is 2.84. The first kappa shape index (κ1) is 14.4. The molecule has 1 aliphatic heterocycles. The third kappa shape index (κ3) is 5.98. The summed E-state index contributed by atoms with van der Waals surface area (Å²) in [4.78, 5) is 13.2. The van der Waals surface area contributed by atoms with Crippen molar-refractivity contribution in [3.8, 4) is 0 Å². The van der Waals surface area contributed by atoms with Gasteiger partial charge in [-0.2, -0.15) is 0 Å². The van der Waals surface area contributed by atoms with Crippen molar-refractivity contribution < 1.29 is 18.7 Å². The van der Waals surface area contributed by atoms with Crippen molar-refractivity contribution in [1.82, 2.24) is 4.90 Å². The van der Waals surface area contributed by atoms with E-state index >= 15 is 0 Å². The maximum absolute atomic E-state index is 12.2. The van der Waals surface area contributed by atoms with Crippen molar-refractivity contribution in [3.05, 3.63) is 0 Å². The van der Waals surface area contributed by atoms with E-state index in [4.69, 9.17) is 4.74 Å². The van der Waals surface area contributed by atoms with E-state index in [0.717, 1.165) is 26.0 Å². The van der Waals surface area contributed by atoms with Crippen molar-refractivity contribution in [3.63, 3.8) is 0 Å². The maximum atomic E-state index is 12.2. The molecular formula is C12H22FNO3. The van der Waals surface area contributed by atoms with Gasteiger partial charge in [0, 0.05) is 26.2 Å². The molecule has 17 heavy (non-hydrogen) atoms. The van der Waals surface area contributed by atoms with E-state index in [1.807, 2.05) is 0 Å². The molecule has 1 atom stereocenters.